The smallest absolute Gasteiger partial charge is 0.407 e. The molecule has 9 nitrogen and oxygen atoms in total. The van der Waals surface area contributed by atoms with Gasteiger partial charge in [-0.3, -0.25) is 14.5 Å². The van der Waals surface area contributed by atoms with Crippen LogP contribution in [0.3, 0.4) is 0 Å². The highest BCUT2D eigenvalue weighted by Crippen LogP contribution is 2.44. The second kappa shape index (κ2) is 15.4. The van der Waals surface area contributed by atoms with Gasteiger partial charge in [0.25, 0.3) is 5.91 Å². The number of alkyl carbamates (subject to hydrolysis) is 1. The summed E-state index contributed by atoms with van der Waals surface area (Å²) in [5, 5.41) is 6.44. The fourth-order valence-electron chi connectivity index (χ4n) is 6.88. The molecule has 2 amide bonds. The maximum atomic E-state index is 13.3. The largest absolute Gasteiger partial charge is 0.462 e. The Morgan fingerprint density at radius 3 is 2.50 bits per heavy atom. The second-order valence-corrected chi connectivity index (χ2v) is 14.0. The fraction of sp³-hybridized carbons (Fsp3) is 0.528. The zero-order chi connectivity index (χ0) is 32.7. The standard InChI is InChI=1S/C36H47ClN4O5/c1-36(2,3)46-35(44)39-15-6-4-5-14-38-34(43)32-23-27(37)10-13-31(32)26-20-28-11-12-29(21-26)41(28)17-16-40-18-19-45-33(24-40)25-8-7-9-30(42)22-25/h7-10,13,18-19,23-24,26,28-29H,4-6,11-12,14-17,20-22H2,1-3H3,(H,38,43)(H,39,44). The van der Waals surface area contributed by atoms with E-state index in [1.807, 2.05) is 57.4 Å². The number of rotatable bonds is 12. The lowest BCUT2D eigenvalue weighted by Crippen LogP contribution is -2.45. The monoisotopic (exact) mass is 650 g/mol. The highest BCUT2D eigenvalue weighted by atomic mass is 35.5. The van der Waals surface area contributed by atoms with Crippen molar-refractivity contribution in [1.82, 2.24) is 20.4 Å². The van der Waals surface area contributed by atoms with Crippen molar-refractivity contribution in [1.29, 1.82) is 0 Å². The van der Waals surface area contributed by atoms with Gasteiger partial charge in [-0.1, -0.05) is 29.8 Å². The predicted molar refractivity (Wildman–Crippen MR) is 179 cm³/mol. The molecule has 3 aliphatic heterocycles. The van der Waals surface area contributed by atoms with Crippen LogP contribution in [-0.4, -0.2) is 71.4 Å². The Morgan fingerprint density at radius 2 is 1.78 bits per heavy atom. The van der Waals surface area contributed by atoms with Crippen molar-refractivity contribution in [3.8, 4) is 0 Å². The van der Waals surface area contributed by atoms with Crippen LogP contribution in [0.25, 0.3) is 0 Å². The van der Waals surface area contributed by atoms with Gasteiger partial charge in [-0.25, -0.2) is 4.79 Å². The number of ketones is 1. The number of nitrogens with one attached hydrogen (secondary N) is 2. The highest BCUT2D eigenvalue weighted by molar-refractivity contribution is 6.31. The molecule has 4 aliphatic rings. The van der Waals surface area contributed by atoms with Gasteiger partial charge < -0.3 is 25.0 Å². The summed E-state index contributed by atoms with van der Waals surface area (Å²) in [6.07, 6.45) is 17.8. The van der Waals surface area contributed by atoms with Crippen LogP contribution >= 0.6 is 11.6 Å². The van der Waals surface area contributed by atoms with Crippen molar-refractivity contribution < 1.29 is 23.9 Å². The number of nitrogens with zero attached hydrogens (tertiary/aromatic N) is 2. The quantitative estimate of drug-likeness (QED) is 0.247. The van der Waals surface area contributed by atoms with Gasteiger partial charge in [0.2, 0.25) is 0 Å². The molecule has 1 aromatic carbocycles. The summed E-state index contributed by atoms with van der Waals surface area (Å²) in [5.74, 6) is 1.05. The molecule has 0 saturated carbocycles. The van der Waals surface area contributed by atoms with Crippen molar-refractivity contribution in [3.63, 3.8) is 0 Å². The van der Waals surface area contributed by atoms with Crippen LogP contribution in [-0.2, 0) is 14.3 Å². The SMILES string of the molecule is CC(C)(C)OC(=O)NCCCCCNC(=O)c1cc(Cl)ccc1C1CC2CCC(C1)N2CCN1C=COC(C2=CC=CC(=O)C2)=C1. The minimum Gasteiger partial charge on any atom is -0.462 e. The molecule has 10 heteroatoms. The molecule has 2 unspecified atom stereocenters. The predicted octanol–water partition coefficient (Wildman–Crippen LogP) is 6.58. The first-order chi connectivity index (χ1) is 22.1. The van der Waals surface area contributed by atoms with Crippen molar-refractivity contribution in [3.05, 3.63) is 82.6 Å². The van der Waals surface area contributed by atoms with Crippen LogP contribution in [0.5, 0.6) is 0 Å². The number of benzene rings is 1. The summed E-state index contributed by atoms with van der Waals surface area (Å²) < 4.78 is 11.0. The lowest BCUT2D eigenvalue weighted by Gasteiger charge is -2.40. The van der Waals surface area contributed by atoms with Crippen molar-refractivity contribution in [2.24, 2.45) is 0 Å². The summed E-state index contributed by atoms with van der Waals surface area (Å²) in [7, 11) is 0. The number of carbonyl (C=O) groups is 3. The fourth-order valence-corrected chi connectivity index (χ4v) is 7.06. The number of amides is 2. The van der Waals surface area contributed by atoms with Crippen LogP contribution < -0.4 is 10.6 Å². The number of ether oxygens (including phenoxy) is 2. The third-order valence-electron chi connectivity index (χ3n) is 9.00. The lowest BCUT2D eigenvalue weighted by molar-refractivity contribution is -0.114. The zero-order valence-corrected chi connectivity index (χ0v) is 28.0. The van der Waals surface area contributed by atoms with Gasteiger partial charge in [-0.15, -0.1) is 0 Å². The van der Waals surface area contributed by atoms with Gasteiger partial charge in [0.1, 0.15) is 17.6 Å². The third kappa shape index (κ3) is 9.26. The van der Waals surface area contributed by atoms with E-state index in [0.29, 0.717) is 48.1 Å². The summed E-state index contributed by atoms with van der Waals surface area (Å²) in [6.45, 7) is 8.41. The van der Waals surface area contributed by atoms with E-state index in [0.717, 1.165) is 62.1 Å². The first kappa shape index (κ1) is 33.8. The van der Waals surface area contributed by atoms with Crippen LogP contribution in [0.2, 0.25) is 5.02 Å². The van der Waals surface area contributed by atoms with E-state index in [1.165, 1.54) is 12.8 Å². The van der Waals surface area contributed by atoms with Crippen molar-refractivity contribution >= 4 is 29.4 Å². The first-order valence-electron chi connectivity index (χ1n) is 16.6. The number of halogens is 1. The van der Waals surface area contributed by atoms with Gasteiger partial charge in [0.05, 0.1) is 0 Å². The molecule has 2 N–H and O–H groups in total. The summed E-state index contributed by atoms with van der Waals surface area (Å²) in [5.41, 5.74) is 2.16. The van der Waals surface area contributed by atoms with Gasteiger partial charge in [-0.2, -0.15) is 0 Å². The van der Waals surface area contributed by atoms with E-state index in [4.69, 9.17) is 21.1 Å². The lowest BCUT2D eigenvalue weighted by atomic mass is 9.82. The second-order valence-electron chi connectivity index (χ2n) is 13.6. The molecule has 248 valence electrons. The first-order valence-corrected chi connectivity index (χ1v) is 16.9. The molecule has 2 saturated heterocycles. The number of hydrogen-bond acceptors (Lipinski definition) is 7. The highest BCUT2D eigenvalue weighted by Gasteiger charge is 2.41. The van der Waals surface area contributed by atoms with E-state index in [1.54, 1.807) is 18.4 Å². The maximum Gasteiger partial charge on any atom is 0.407 e. The third-order valence-corrected chi connectivity index (χ3v) is 9.23. The van der Waals surface area contributed by atoms with E-state index in [2.05, 4.69) is 20.4 Å². The maximum absolute atomic E-state index is 13.3. The molecule has 46 heavy (non-hydrogen) atoms. The number of piperidine rings is 1. The minimum atomic E-state index is -0.511. The van der Waals surface area contributed by atoms with E-state index >= 15 is 0 Å². The molecule has 0 spiro atoms. The Hall–Kier alpha value is -3.56. The normalized spacial score (nSPS) is 22.7. The molecule has 1 aliphatic carbocycles. The molecule has 5 rings (SSSR count). The van der Waals surface area contributed by atoms with Crippen LogP contribution in [0.1, 0.15) is 94.0 Å². The molecule has 2 fully saturated rings. The topological polar surface area (TPSA) is 100 Å². The Balaban J connectivity index is 1.10. The van der Waals surface area contributed by atoms with E-state index in [9.17, 15) is 14.4 Å². The molecule has 2 atom stereocenters. The Bertz CT molecular complexity index is 1400. The molecular weight excluding hydrogens is 604 g/mol. The molecule has 1 aromatic rings. The van der Waals surface area contributed by atoms with Gasteiger partial charge >= 0.3 is 6.09 Å². The number of hydrogen-bond donors (Lipinski definition) is 2. The molecule has 3 heterocycles. The number of unbranched alkanes of at least 4 members (excludes halogenated alkanes) is 2. The van der Waals surface area contributed by atoms with Crippen LogP contribution in [0, 0.1) is 0 Å². The minimum absolute atomic E-state index is 0.0777. The van der Waals surface area contributed by atoms with Crippen molar-refractivity contribution in [2.45, 2.75) is 95.7 Å². The van der Waals surface area contributed by atoms with Gasteiger partial charge in [0.15, 0.2) is 5.78 Å². The average Bonchev–Trinajstić information content (AvgIpc) is 3.24. The van der Waals surface area contributed by atoms with E-state index in [-0.39, 0.29) is 11.7 Å². The molecule has 2 bridgehead atoms. The Morgan fingerprint density at radius 1 is 1.04 bits per heavy atom. The van der Waals surface area contributed by atoms with Crippen molar-refractivity contribution in [2.75, 3.05) is 26.2 Å². The van der Waals surface area contributed by atoms with Crippen LogP contribution in [0.15, 0.2) is 66.4 Å². The number of allylic oxidation sites excluding steroid dienone is 4. The number of carbonyl (C=O) groups excluding carboxylic acids is 3. The zero-order valence-electron chi connectivity index (χ0n) is 27.2. The molecule has 0 aromatic heterocycles. The number of fused-ring (bicyclic) bond motifs is 2. The summed E-state index contributed by atoms with van der Waals surface area (Å²) in [4.78, 5) is 41.8. The Labute approximate surface area is 277 Å². The summed E-state index contributed by atoms with van der Waals surface area (Å²) >= 11 is 6.38. The Kier molecular flexibility index (Phi) is 11.3. The van der Waals surface area contributed by atoms with E-state index < -0.39 is 11.7 Å². The van der Waals surface area contributed by atoms with Crippen LogP contribution in [0.4, 0.5) is 4.79 Å². The average molecular weight is 651 g/mol. The van der Waals surface area contributed by atoms with Gasteiger partial charge in [0, 0.05) is 73.2 Å². The van der Waals surface area contributed by atoms with Gasteiger partial charge in [-0.05, 0) is 95.4 Å². The molecular formula is C36H47ClN4O5. The molecule has 0 radical (unpaired) electrons. The summed E-state index contributed by atoms with van der Waals surface area (Å²) in [6, 6.07) is 6.71.